The first kappa shape index (κ1) is 24.0. The molecule has 5 nitrogen and oxygen atoms in total. The molecular formula is C31H39NO4. The number of Topliss-reactive ketones (excluding diaryl/α,β-unsaturated/α-hetero) is 1. The summed E-state index contributed by atoms with van der Waals surface area (Å²) in [7, 11) is 0. The van der Waals surface area contributed by atoms with Crippen LogP contribution in [0.5, 0.6) is 0 Å². The van der Waals surface area contributed by atoms with Crippen molar-refractivity contribution in [3.63, 3.8) is 0 Å². The maximum absolute atomic E-state index is 13.7. The van der Waals surface area contributed by atoms with Crippen LogP contribution in [0.1, 0.15) is 84.2 Å². The van der Waals surface area contributed by atoms with Crippen molar-refractivity contribution in [3.8, 4) is 0 Å². The second-order valence-electron chi connectivity index (χ2n) is 12.4. The van der Waals surface area contributed by atoms with Gasteiger partial charge in [0.2, 0.25) is 5.78 Å². The molecule has 1 saturated heterocycles. The summed E-state index contributed by atoms with van der Waals surface area (Å²) in [6.07, 6.45) is 8.66. The molecule has 4 bridgehead atoms. The molecule has 1 aromatic carbocycles. The van der Waals surface area contributed by atoms with E-state index in [1.54, 1.807) is 0 Å². The monoisotopic (exact) mass is 489 g/mol. The van der Waals surface area contributed by atoms with Crippen molar-refractivity contribution in [1.29, 1.82) is 0 Å². The number of nitrogens with zero attached hydrogens (tertiary/aromatic N) is 1. The molecule has 1 aromatic heterocycles. The summed E-state index contributed by atoms with van der Waals surface area (Å²) in [6, 6.07) is 10.9. The maximum atomic E-state index is 13.7. The average Bonchev–Trinajstić information content (AvgIpc) is 3.45. The summed E-state index contributed by atoms with van der Waals surface area (Å²) in [4.78, 5) is 26.8. The number of benzene rings is 1. The van der Waals surface area contributed by atoms with E-state index in [9.17, 15) is 9.59 Å². The number of carbonyl (C=O) groups is 2. The Bertz CT molecular complexity index is 1160. The molecule has 2 aromatic rings. The summed E-state index contributed by atoms with van der Waals surface area (Å²) < 4.78 is 13.8. The number of aromatic nitrogens is 1. The number of ether oxygens (including phenoxy) is 2. The fourth-order valence-electron chi connectivity index (χ4n) is 8.46. The van der Waals surface area contributed by atoms with E-state index in [0.29, 0.717) is 17.4 Å². The van der Waals surface area contributed by atoms with Crippen LogP contribution in [0, 0.1) is 38.0 Å². The van der Waals surface area contributed by atoms with E-state index in [4.69, 9.17) is 9.47 Å². The van der Waals surface area contributed by atoms with E-state index in [1.807, 2.05) is 19.9 Å². The van der Waals surface area contributed by atoms with Crippen molar-refractivity contribution in [2.45, 2.75) is 90.2 Å². The van der Waals surface area contributed by atoms with E-state index in [2.05, 4.69) is 35.8 Å². The van der Waals surface area contributed by atoms with Crippen LogP contribution in [-0.4, -0.2) is 35.6 Å². The lowest BCUT2D eigenvalue weighted by atomic mass is 9.43. The minimum absolute atomic E-state index is 0.0774. The molecule has 36 heavy (non-hydrogen) atoms. The van der Waals surface area contributed by atoms with Crippen molar-refractivity contribution in [3.05, 3.63) is 58.4 Å². The molecule has 3 atom stereocenters. The highest BCUT2D eigenvalue weighted by atomic mass is 16.5. The Morgan fingerprint density at radius 2 is 1.78 bits per heavy atom. The largest absolute Gasteiger partial charge is 0.457 e. The van der Waals surface area contributed by atoms with Gasteiger partial charge in [-0.05, 0) is 101 Å². The second-order valence-corrected chi connectivity index (χ2v) is 12.4. The average molecular weight is 490 g/mol. The zero-order valence-electron chi connectivity index (χ0n) is 22.0. The molecule has 192 valence electrons. The van der Waals surface area contributed by atoms with Gasteiger partial charge in [-0.2, -0.15) is 0 Å². The van der Waals surface area contributed by atoms with Crippen LogP contribution < -0.4 is 0 Å². The van der Waals surface area contributed by atoms with E-state index in [0.717, 1.165) is 56.6 Å². The smallest absolute Gasteiger partial charge is 0.312 e. The van der Waals surface area contributed by atoms with Crippen molar-refractivity contribution in [2.24, 2.45) is 17.3 Å². The standard InChI is InChI=1S/C31H39NO4/c1-20-6-8-25(9-7-20)30-13-23-12-24(14-30)16-31(15-23,19-30)29(34)36-18-28(33)27-11-21(2)32(22(27)3)17-26-5-4-10-35-26/h6-9,11,23-24,26H,4-5,10,12-19H2,1-3H3. The molecule has 3 unspecified atom stereocenters. The summed E-state index contributed by atoms with van der Waals surface area (Å²) in [5, 5.41) is 0. The first-order valence-electron chi connectivity index (χ1n) is 13.8. The lowest BCUT2D eigenvalue weighted by Crippen LogP contribution is -2.57. The van der Waals surface area contributed by atoms with Crippen molar-refractivity contribution in [2.75, 3.05) is 13.2 Å². The number of hydrogen-bond acceptors (Lipinski definition) is 4. The van der Waals surface area contributed by atoms with Crippen LogP contribution >= 0.6 is 0 Å². The third-order valence-electron chi connectivity index (χ3n) is 9.78. The summed E-state index contributed by atoms with van der Waals surface area (Å²) in [5.41, 5.74) is 4.95. The predicted octanol–water partition coefficient (Wildman–Crippen LogP) is 5.86. The fourth-order valence-corrected chi connectivity index (χ4v) is 8.46. The summed E-state index contributed by atoms with van der Waals surface area (Å²) >= 11 is 0. The second kappa shape index (κ2) is 8.86. The first-order chi connectivity index (χ1) is 17.3. The fraction of sp³-hybridized carbons (Fsp3) is 0.613. The Morgan fingerprint density at radius 1 is 1.06 bits per heavy atom. The van der Waals surface area contributed by atoms with Crippen LogP contribution in [0.4, 0.5) is 0 Å². The molecular weight excluding hydrogens is 450 g/mol. The van der Waals surface area contributed by atoms with Gasteiger partial charge in [-0.25, -0.2) is 0 Å². The van der Waals surface area contributed by atoms with Crippen LogP contribution in [0.3, 0.4) is 0 Å². The number of esters is 1. The Labute approximate surface area is 214 Å². The number of aryl methyl sites for hydroxylation is 2. The van der Waals surface area contributed by atoms with Crippen molar-refractivity contribution < 1.29 is 19.1 Å². The normalized spacial score (nSPS) is 32.7. The van der Waals surface area contributed by atoms with Gasteiger partial charge < -0.3 is 14.0 Å². The molecule has 4 aliphatic carbocycles. The van der Waals surface area contributed by atoms with E-state index < -0.39 is 5.41 Å². The highest BCUT2D eigenvalue weighted by Gasteiger charge is 2.61. The molecule has 0 radical (unpaired) electrons. The zero-order valence-corrected chi connectivity index (χ0v) is 22.0. The maximum Gasteiger partial charge on any atom is 0.312 e. The van der Waals surface area contributed by atoms with E-state index >= 15 is 0 Å². The summed E-state index contributed by atoms with van der Waals surface area (Å²) in [5.74, 6) is 0.905. The van der Waals surface area contributed by atoms with Gasteiger partial charge >= 0.3 is 5.97 Å². The molecule has 5 heteroatoms. The van der Waals surface area contributed by atoms with Crippen LogP contribution in [0.15, 0.2) is 30.3 Å². The lowest BCUT2D eigenvalue weighted by molar-refractivity contribution is -0.172. The van der Waals surface area contributed by atoms with Gasteiger partial charge in [0, 0.05) is 30.1 Å². The van der Waals surface area contributed by atoms with Gasteiger partial charge in [-0.3, -0.25) is 9.59 Å². The molecule has 0 N–H and O–H groups in total. The minimum Gasteiger partial charge on any atom is -0.457 e. The number of hydrogen-bond donors (Lipinski definition) is 0. The number of ketones is 1. The van der Waals surface area contributed by atoms with E-state index in [-0.39, 0.29) is 29.9 Å². The quantitative estimate of drug-likeness (QED) is 0.361. The molecule has 5 fully saturated rings. The highest BCUT2D eigenvalue weighted by molar-refractivity contribution is 5.99. The predicted molar refractivity (Wildman–Crippen MR) is 138 cm³/mol. The molecule has 2 heterocycles. The molecule has 0 amide bonds. The Morgan fingerprint density at radius 3 is 2.44 bits per heavy atom. The van der Waals surface area contributed by atoms with Gasteiger partial charge in [0.15, 0.2) is 6.61 Å². The molecule has 0 spiro atoms. The van der Waals surface area contributed by atoms with Gasteiger partial charge in [-0.15, -0.1) is 0 Å². The van der Waals surface area contributed by atoms with Crippen LogP contribution in [-0.2, 0) is 26.2 Å². The summed E-state index contributed by atoms with van der Waals surface area (Å²) in [6.45, 7) is 7.57. The van der Waals surface area contributed by atoms with Gasteiger partial charge in [0.1, 0.15) is 0 Å². The van der Waals surface area contributed by atoms with E-state index in [1.165, 1.54) is 30.4 Å². The Balaban J connectivity index is 1.16. The SMILES string of the molecule is Cc1ccc(C23CC4CC(CC(C(=O)OCC(=O)c5cc(C)n(CC6CCCO6)c5C)(C4)C2)C3)cc1. The topological polar surface area (TPSA) is 57.5 Å². The Hall–Kier alpha value is -2.40. The molecule has 5 aliphatic rings. The minimum atomic E-state index is -0.439. The molecule has 4 saturated carbocycles. The number of carbonyl (C=O) groups excluding carboxylic acids is 2. The van der Waals surface area contributed by atoms with Gasteiger partial charge in [-0.1, -0.05) is 29.8 Å². The third-order valence-corrected chi connectivity index (χ3v) is 9.78. The first-order valence-corrected chi connectivity index (χ1v) is 13.8. The van der Waals surface area contributed by atoms with Crippen molar-refractivity contribution in [1.82, 2.24) is 4.57 Å². The number of rotatable bonds is 7. The van der Waals surface area contributed by atoms with Crippen LogP contribution in [0.2, 0.25) is 0 Å². The highest BCUT2D eigenvalue weighted by Crippen LogP contribution is 2.66. The zero-order chi connectivity index (χ0) is 25.1. The van der Waals surface area contributed by atoms with Gasteiger partial charge in [0.25, 0.3) is 0 Å². The third kappa shape index (κ3) is 4.04. The molecule has 1 aliphatic heterocycles. The molecule has 7 rings (SSSR count). The van der Waals surface area contributed by atoms with Crippen LogP contribution in [0.25, 0.3) is 0 Å². The lowest BCUT2D eigenvalue weighted by Gasteiger charge is -2.61. The Kier molecular flexibility index (Phi) is 5.90. The van der Waals surface area contributed by atoms with Gasteiger partial charge in [0.05, 0.1) is 11.5 Å². The van der Waals surface area contributed by atoms with Crippen molar-refractivity contribution >= 4 is 11.8 Å².